The lowest BCUT2D eigenvalue weighted by Crippen LogP contribution is -2.30. The molecular formula is C25H27NO. The number of benzene rings is 3. The van der Waals surface area contributed by atoms with E-state index in [0.717, 1.165) is 23.2 Å². The molecule has 0 spiro atoms. The van der Waals surface area contributed by atoms with E-state index in [2.05, 4.69) is 29.6 Å². The van der Waals surface area contributed by atoms with Crippen molar-refractivity contribution in [2.45, 2.75) is 37.3 Å². The molecule has 1 heterocycles. The number of hydrogen-bond acceptors (Lipinski definition) is 2. The topological polar surface area (TPSA) is 32.3 Å². The molecule has 1 aliphatic rings. The first kappa shape index (κ1) is 18.0. The molecule has 1 saturated heterocycles. The Morgan fingerprint density at radius 2 is 1.48 bits per heavy atom. The van der Waals surface area contributed by atoms with E-state index in [9.17, 15) is 5.11 Å². The van der Waals surface area contributed by atoms with Crippen molar-refractivity contribution in [2.75, 3.05) is 6.54 Å². The SMILES string of the molecule is OC(Cc1cccc(C2CCCCN2)c1)(c1ccccc1)c1ccccc1. The van der Waals surface area contributed by atoms with Gasteiger partial charge in [0.15, 0.2) is 0 Å². The lowest BCUT2D eigenvalue weighted by molar-refractivity contribution is 0.0811. The van der Waals surface area contributed by atoms with Gasteiger partial charge in [-0.2, -0.15) is 0 Å². The van der Waals surface area contributed by atoms with Crippen molar-refractivity contribution in [3.8, 4) is 0 Å². The van der Waals surface area contributed by atoms with Crippen LogP contribution in [0.3, 0.4) is 0 Å². The fourth-order valence-corrected chi connectivity index (χ4v) is 4.15. The van der Waals surface area contributed by atoms with Gasteiger partial charge in [0.2, 0.25) is 0 Å². The van der Waals surface area contributed by atoms with Crippen LogP contribution in [0.25, 0.3) is 0 Å². The Kier molecular flexibility index (Phi) is 5.38. The van der Waals surface area contributed by atoms with Gasteiger partial charge in [0.25, 0.3) is 0 Å². The zero-order valence-electron chi connectivity index (χ0n) is 15.6. The molecule has 0 radical (unpaired) electrons. The predicted molar refractivity (Wildman–Crippen MR) is 111 cm³/mol. The van der Waals surface area contributed by atoms with Crippen LogP contribution in [0.4, 0.5) is 0 Å². The summed E-state index contributed by atoms with van der Waals surface area (Å²) in [6, 6.07) is 29.2. The largest absolute Gasteiger partial charge is 0.380 e. The summed E-state index contributed by atoms with van der Waals surface area (Å²) in [5.74, 6) is 0. The van der Waals surface area contributed by atoms with Crippen LogP contribution in [0, 0.1) is 0 Å². The normalized spacial score (nSPS) is 17.6. The number of hydrogen-bond donors (Lipinski definition) is 2. The monoisotopic (exact) mass is 357 g/mol. The second-order valence-electron chi connectivity index (χ2n) is 7.52. The van der Waals surface area contributed by atoms with Gasteiger partial charge >= 0.3 is 0 Å². The first-order valence-corrected chi connectivity index (χ1v) is 9.91. The Morgan fingerprint density at radius 1 is 0.815 bits per heavy atom. The summed E-state index contributed by atoms with van der Waals surface area (Å²) < 4.78 is 0. The molecule has 3 aromatic rings. The van der Waals surface area contributed by atoms with Gasteiger partial charge in [0.1, 0.15) is 5.60 Å². The van der Waals surface area contributed by atoms with Gasteiger partial charge in [0, 0.05) is 12.5 Å². The first-order valence-electron chi connectivity index (χ1n) is 9.91. The molecule has 1 aliphatic heterocycles. The summed E-state index contributed by atoms with van der Waals surface area (Å²) in [5, 5.41) is 15.4. The molecule has 4 rings (SSSR count). The zero-order valence-corrected chi connectivity index (χ0v) is 15.6. The van der Waals surface area contributed by atoms with Crippen molar-refractivity contribution in [3.63, 3.8) is 0 Å². The molecule has 0 saturated carbocycles. The molecule has 3 aromatic carbocycles. The minimum atomic E-state index is -1.04. The molecule has 1 unspecified atom stereocenters. The molecule has 2 N–H and O–H groups in total. The highest BCUT2D eigenvalue weighted by Gasteiger charge is 2.31. The third kappa shape index (κ3) is 3.97. The van der Waals surface area contributed by atoms with Gasteiger partial charge in [-0.05, 0) is 41.6 Å². The fraction of sp³-hybridized carbons (Fsp3) is 0.280. The van der Waals surface area contributed by atoms with Crippen LogP contribution in [0.2, 0.25) is 0 Å². The van der Waals surface area contributed by atoms with Crippen molar-refractivity contribution in [3.05, 3.63) is 107 Å². The molecule has 0 aliphatic carbocycles. The lowest BCUT2D eigenvalue weighted by atomic mass is 9.81. The van der Waals surface area contributed by atoms with E-state index in [0.29, 0.717) is 12.5 Å². The minimum Gasteiger partial charge on any atom is -0.380 e. The summed E-state index contributed by atoms with van der Waals surface area (Å²) in [6.45, 7) is 1.09. The maximum Gasteiger partial charge on any atom is 0.119 e. The number of nitrogens with one attached hydrogen (secondary N) is 1. The molecule has 0 bridgehead atoms. The molecule has 2 heteroatoms. The quantitative estimate of drug-likeness (QED) is 0.675. The van der Waals surface area contributed by atoms with Gasteiger partial charge in [0.05, 0.1) is 0 Å². The Balaban J connectivity index is 1.68. The predicted octanol–water partition coefficient (Wildman–Crippen LogP) is 4.98. The van der Waals surface area contributed by atoms with Gasteiger partial charge in [-0.15, -0.1) is 0 Å². The second-order valence-corrected chi connectivity index (χ2v) is 7.52. The van der Waals surface area contributed by atoms with Crippen molar-refractivity contribution < 1.29 is 5.11 Å². The van der Waals surface area contributed by atoms with Gasteiger partial charge < -0.3 is 10.4 Å². The van der Waals surface area contributed by atoms with Crippen LogP contribution in [0.15, 0.2) is 84.9 Å². The fourth-order valence-electron chi connectivity index (χ4n) is 4.15. The summed E-state index contributed by atoms with van der Waals surface area (Å²) in [5.41, 5.74) is 3.31. The second kappa shape index (κ2) is 8.08. The van der Waals surface area contributed by atoms with Crippen molar-refractivity contribution in [1.29, 1.82) is 0 Å². The molecule has 0 aromatic heterocycles. The molecule has 0 amide bonds. The van der Waals surface area contributed by atoms with Crippen molar-refractivity contribution in [1.82, 2.24) is 5.32 Å². The highest BCUT2D eigenvalue weighted by atomic mass is 16.3. The maximum atomic E-state index is 11.8. The summed E-state index contributed by atoms with van der Waals surface area (Å²) >= 11 is 0. The van der Waals surface area contributed by atoms with Gasteiger partial charge in [-0.25, -0.2) is 0 Å². The average Bonchev–Trinajstić information content (AvgIpc) is 2.76. The number of piperidine rings is 1. The summed E-state index contributed by atoms with van der Waals surface area (Å²) in [7, 11) is 0. The average molecular weight is 357 g/mol. The van der Waals surface area contributed by atoms with Gasteiger partial charge in [-0.3, -0.25) is 0 Å². The third-order valence-corrected chi connectivity index (χ3v) is 5.63. The Labute approximate surface area is 161 Å². The Hall–Kier alpha value is -2.42. The summed E-state index contributed by atoms with van der Waals surface area (Å²) in [6.07, 6.45) is 4.28. The van der Waals surface area contributed by atoms with E-state index in [4.69, 9.17) is 0 Å². The molecule has 27 heavy (non-hydrogen) atoms. The Morgan fingerprint density at radius 3 is 2.07 bits per heavy atom. The van der Waals surface area contributed by atoms with E-state index in [1.165, 1.54) is 24.8 Å². The van der Waals surface area contributed by atoms with Crippen molar-refractivity contribution in [2.24, 2.45) is 0 Å². The smallest absolute Gasteiger partial charge is 0.119 e. The van der Waals surface area contributed by atoms with E-state index in [1.807, 2.05) is 60.7 Å². The van der Waals surface area contributed by atoms with Crippen molar-refractivity contribution >= 4 is 0 Å². The zero-order chi connectivity index (χ0) is 18.5. The lowest BCUT2D eigenvalue weighted by Gasteiger charge is -2.30. The van der Waals surface area contributed by atoms with Gasteiger partial charge in [-0.1, -0.05) is 91.3 Å². The Bertz CT molecular complexity index is 814. The van der Waals surface area contributed by atoms with Crippen LogP contribution in [0.1, 0.15) is 47.6 Å². The van der Waals surface area contributed by atoms with E-state index in [-0.39, 0.29) is 0 Å². The number of aliphatic hydroxyl groups is 1. The molecular weight excluding hydrogens is 330 g/mol. The maximum absolute atomic E-state index is 11.8. The van der Waals surface area contributed by atoms with E-state index >= 15 is 0 Å². The highest BCUT2D eigenvalue weighted by Crippen LogP contribution is 2.34. The molecule has 1 atom stereocenters. The number of rotatable bonds is 5. The van der Waals surface area contributed by atoms with E-state index < -0.39 is 5.60 Å². The standard InChI is InChI=1S/C25H27NO/c27-25(22-12-3-1-4-13-22,23-14-5-2-6-15-23)19-20-10-9-11-21(18-20)24-16-7-8-17-26-24/h1-6,9-15,18,24,26-27H,7-8,16-17,19H2. The first-order chi connectivity index (χ1) is 13.3. The van der Waals surface area contributed by atoms with E-state index in [1.54, 1.807) is 0 Å². The highest BCUT2D eigenvalue weighted by molar-refractivity contribution is 5.39. The molecule has 2 nitrogen and oxygen atoms in total. The van der Waals surface area contributed by atoms with Crippen LogP contribution in [-0.4, -0.2) is 11.7 Å². The van der Waals surface area contributed by atoms with Crippen LogP contribution in [0.5, 0.6) is 0 Å². The van der Waals surface area contributed by atoms with Crippen LogP contribution < -0.4 is 5.32 Å². The third-order valence-electron chi connectivity index (χ3n) is 5.63. The van der Waals surface area contributed by atoms with Crippen LogP contribution in [-0.2, 0) is 12.0 Å². The molecule has 1 fully saturated rings. The minimum absolute atomic E-state index is 0.431. The summed E-state index contributed by atoms with van der Waals surface area (Å²) in [4.78, 5) is 0. The van der Waals surface area contributed by atoms with Crippen LogP contribution >= 0.6 is 0 Å². The molecule has 138 valence electrons.